The number of oxazole rings is 1. The zero-order chi connectivity index (χ0) is 20.1. The highest BCUT2D eigenvalue weighted by atomic mass is 32.2. The first-order chi connectivity index (χ1) is 13.3. The number of sulfonamides is 1. The van der Waals surface area contributed by atoms with Gasteiger partial charge in [0.2, 0.25) is 15.9 Å². The highest BCUT2D eigenvalue weighted by Crippen LogP contribution is 2.23. The smallest absolute Gasteiger partial charge is 0.229 e. The summed E-state index contributed by atoms with van der Waals surface area (Å²) in [5.41, 5.74) is 1.25. The Hall–Kier alpha value is -3.20. The van der Waals surface area contributed by atoms with Crippen molar-refractivity contribution in [3.8, 4) is 11.3 Å². The van der Waals surface area contributed by atoms with Crippen molar-refractivity contribution in [1.82, 2.24) is 4.98 Å². The molecule has 0 fully saturated rings. The van der Waals surface area contributed by atoms with Crippen LogP contribution in [-0.4, -0.2) is 25.6 Å². The van der Waals surface area contributed by atoms with Crippen LogP contribution in [-0.2, 0) is 21.2 Å². The number of rotatable bonds is 7. The maximum atomic E-state index is 13.8. The molecule has 0 bridgehead atoms. The summed E-state index contributed by atoms with van der Waals surface area (Å²) in [6, 6.07) is 12.5. The number of halogens is 1. The lowest BCUT2D eigenvalue weighted by molar-refractivity contribution is -0.116. The van der Waals surface area contributed by atoms with Crippen LogP contribution in [0.15, 0.2) is 59.1 Å². The van der Waals surface area contributed by atoms with Gasteiger partial charge in [0.15, 0.2) is 11.7 Å². The van der Waals surface area contributed by atoms with Gasteiger partial charge < -0.3 is 9.73 Å². The number of aryl methyl sites for hydroxylation is 1. The van der Waals surface area contributed by atoms with Crippen molar-refractivity contribution in [3.05, 3.63) is 66.4 Å². The monoisotopic (exact) mass is 403 g/mol. The Morgan fingerprint density at radius 2 is 1.79 bits per heavy atom. The van der Waals surface area contributed by atoms with Gasteiger partial charge in [-0.05, 0) is 36.4 Å². The highest BCUT2D eigenvalue weighted by Gasteiger charge is 2.12. The summed E-state index contributed by atoms with van der Waals surface area (Å²) in [6.45, 7) is 0. The topological polar surface area (TPSA) is 101 Å². The first-order valence-corrected chi connectivity index (χ1v) is 10.3. The first-order valence-electron chi connectivity index (χ1n) is 8.37. The molecule has 2 N–H and O–H groups in total. The molecule has 1 amide bonds. The Bertz CT molecular complexity index is 1080. The molecule has 0 atom stereocenters. The first kappa shape index (κ1) is 19.6. The maximum Gasteiger partial charge on any atom is 0.229 e. The summed E-state index contributed by atoms with van der Waals surface area (Å²) in [5.74, 6) is -0.0187. The largest absolute Gasteiger partial charge is 0.441 e. The Labute approximate surface area is 161 Å². The summed E-state index contributed by atoms with van der Waals surface area (Å²) in [6.07, 6.45) is 2.87. The van der Waals surface area contributed by atoms with E-state index in [1.54, 1.807) is 42.5 Å². The van der Waals surface area contributed by atoms with Crippen LogP contribution in [0.5, 0.6) is 0 Å². The van der Waals surface area contributed by atoms with Gasteiger partial charge in [0, 0.05) is 24.2 Å². The van der Waals surface area contributed by atoms with Gasteiger partial charge in [0.25, 0.3) is 0 Å². The lowest BCUT2D eigenvalue weighted by Crippen LogP contribution is -2.13. The molecule has 0 aliphatic carbocycles. The minimum atomic E-state index is -3.35. The van der Waals surface area contributed by atoms with E-state index in [2.05, 4.69) is 15.0 Å². The molecule has 2 aromatic carbocycles. The quantitative estimate of drug-likeness (QED) is 0.629. The summed E-state index contributed by atoms with van der Waals surface area (Å²) in [7, 11) is -3.35. The van der Waals surface area contributed by atoms with Gasteiger partial charge in [-0.15, -0.1) is 0 Å². The van der Waals surface area contributed by atoms with Crippen molar-refractivity contribution < 1.29 is 22.0 Å². The number of carbonyl (C=O) groups is 1. The molecule has 7 nitrogen and oxygen atoms in total. The van der Waals surface area contributed by atoms with E-state index < -0.39 is 15.8 Å². The zero-order valence-electron chi connectivity index (χ0n) is 15.0. The molecule has 146 valence electrons. The Morgan fingerprint density at radius 3 is 2.46 bits per heavy atom. The van der Waals surface area contributed by atoms with E-state index in [1.807, 2.05) is 0 Å². The minimum Gasteiger partial charge on any atom is -0.441 e. The average Bonchev–Trinajstić information content (AvgIpc) is 3.10. The Morgan fingerprint density at radius 1 is 1.11 bits per heavy atom. The molecule has 0 spiro atoms. The second-order valence-electron chi connectivity index (χ2n) is 6.10. The standard InChI is InChI=1S/C19H18FN3O4S/c1-28(25,26)23-14-8-6-13(7-9-14)22-18(24)10-11-19-21-12-17(27-19)15-4-2-3-5-16(15)20/h2-9,12,23H,10-11H2,1H3,(H,22,24). The molecule has 0 saturated heterocycles. The van der Waals surface area contributed by atoms with E-state index in [0.29, 0.717) is 28.6 Å². The van der Waals surface area contributed by atoms with E-state index >= 15 is 0 Å². The number of hydrogen-bond donors (Lipinski definition) is 2. The summed E-state index contributed by atoms with van der Waals surface area (Å²) < 4.78 is 44.0. The molecule has 0 aliphatic heterocycles. The predicted octanol–water partition coefficient (Wildman–Crippen LogP) is 3.42. The van der Waals surface area contributed by atoms with Crippen LogP contribution in [0.4, 0.5) is 15.8 Å². The van der Waals surface area contributed by atoms with Crippen LogP contribution in [0.2, 0.25) is 0 Å². The fourth-order valence-corrected chi connectivity index (χ4v) is 3.06. The number of nitrogens with one attached hydrogen (secondary N) is 2. The lowest BCUT2D eigenvalue weighted by atomic mass is 10.2. The van der Waals surface area contributed by atoms with Crippen molar-refractivity contribution >= 4 is 27.3 Å². The number of carbonyl (C=O) groups excluding carboxylic acids is 1. The number of anilines is 2. The number of aromatic nitrogens is 1. The molecular weight excluding hydrogens is 385 g/mol. The number of amides is 1. The van der Waals surface area contributed by atoms with Gasteiger partial charge in [0.05, 0.1) is 18.0 Å². The molecule has 0 aliphatic rings. The van der Waals surface area contributed by atoms with Crippen LogP contribution in [0.3, 0.4) is 0 Å². The Balaban J connectivity index is 1.54. The van der Waals surface area contributed by atoms with Crippen molar-refractivity contribution in [2.24, 2.45) is 0 Å². The van der Waals surface area contributed by atoms with E-state index in [1.165, 1.54) is 12.3 Å². The van der Waals surface area contributed by atoms with Gasteiger partial charge in [-0.1, -0.05) is 12.1 Å². The SMILES string of the molecule is CS(=O)(=O)Nc1ccc(NC(=O)CCc2ncc(-c3ccccc3F)o2)cc1. The van der Waals surface area contributed by atoms with Gasteiger partial charge in [-0.2, -0.15) is 0 Å². The fourth-order valence-electron chi connectivity index (χ4n) is 2.49. The Kier molecular flexibility index (Phi) is 5.74. The van der Waals surface area contributed by atoms with E-state index in [9.17, 15) is 17.6 Å². The van der Waals surface area contributed by atoms with Crippen molar-refractivity contribution in [3.63, 3.8) is 0 Å². The van der Waals surface area contributed by atoms with Gasteiger partial charge in [0.1, 0.15) is 5.82 Å². The molecule has 9 heteroatoms. The third-order valence-corrected chi connectivity index (χ3v) is 4.34. The summed E-state index contributed by atoms with van der Waals surface area (Å²) in [4.78, 5) is 16.2. The van der Waals surface area contributed by atoms with Crippen molar-refractivity contribution in [2.45, 2.75) is 12.8 Å². The lowest BCUT2D eigenvalue weighted by Gasteiger charge is -2.07. The van der Waals surface area contributed by atoms with E-state index in [0.717, 1.165) is 6.26 Å². The molecule has 1 aromatic heterocycles. The second kappa shape index (κ2) is 8.22. The summed E-state index contributed by atoms with van der Waals surface area (Å²) >= 11 is 0. The minimum absolute atomic E-state index is 0.126. The highest BCUT2D eigenvalue weighted by molar-refractivity contribution is 7.92. The fraction of sp³-hybridized carbons (Fsp3) is 0.158. The van der Waals surface area contributed by atoms with Gasteiger partial charge in [-0.3, -0.25) is 9.52 Å². The van der Waals surface area contributed by atoms with Crippen LogP contribution in [0.25, 0.3) is 11.3 Å². The normalized spacial score (nSPS) is 11.2. The molecule has 0 saturated carbocycles. The number of benzene rings is 2. The summed E-state index contributed by atoms with van der Waals surface area (Å²) in [5, 5.41) is 2.70. The van der Waals surface area contributed by atoms with Crippen molar-refractivity contribution in [2.75, 3.05) is 16.3 Å². The molecular formula is C19H18FN3O4S. The third-order valence-electron chi connectivity index (χ3n) is 3.73. The molecule has 0 radical (unpaired) electrons. The third kappa shape index (κ3) is 5.40. The molecule has 1 heterocycles. The predicted molar refractivity (Wildman–Crippen MR) is 104 cm³/mol. The molecule has 28 heavy (non-hydrogen) atoms. The molecule has 0 unspecified atom stereocenters. The molecule has 3 aromatic rings. The second-order valence-corrected chi connectivity index (χ2v) is 7.85. The number of hydrogen-bond acceptors (Lipinski definition) is 5. The zero-order valence-corrected chi connectivity index (χ0v) is 15.8. The van der Waals surface area contributed by atoms with Gasteiger partial charge >= 0.3 is 0 Å². The van der Waals surface area contributed by atoms with E-state index in [4.69, 9.17) is 4.42 Å². The number of nitrogens with zero attached hydrogens (tertiary/aromatic N) is 1. The maximum absolute atomic E-state index is 13.8. The van der Waals surface area contributed by atoms with Crippen LogP contribution < -0.4 is 10.0 Å². The van der Waals surface area contributed by atoms with Crippen LogP contribution in [0.1, 0.15) is 12.3 Å². The van der Waals surface area contributed by atoms with Gasteiger partial charge in [-0.25, -0.2) is 17.8 Å². The van der Waals surface area contributed by atoms with Crippen molar-refractivity contribution in [1.29, 1.82) is 0 Å². The average molecular weight is 403 g/mol. The van der Waals surface area contributed by atoms with Crippen LogP contribution in [0, 0.1) is 5.82 Å². The van der Waals surface area contributed by atoms with Crippen LogP contribution >= 0.6 is 0 Å². The van der Waals surface area contributed by atoms with E-state index in [-0.39, 0.29) is 18.7 Å². The molecule has 3 rings (SSSR count).